The first kappa shape index (κ1) is 46.5. The maximum atomic E-state index is 5.24. The van der Waals surface area contributed by atoms with Gasteiger partial charge in [-0.15, -0.1) is 95.6 Å². The van der Waals surface area contributed by atoms with Crippen LogP contribution in [0.2, 0.25) is 0 Å². The van der Waals surface area contributed by atoms with Crippen LogP contribution in [0.1, 0.15) is 22.3 Å². The van der Waals surface area contributed by atoms with Gasteiger partial charge in [-0.2, -0.15) is 11.3 Å². The third-order valence-corrected chi connectivity index (χ3v) is 14.5. The Hall–Kier alpha value is -7.92. The summed E-state index contributed by atoms with van der Waals surface area (Å²) in [6, 6.07) is 85.9. The number of benzene rings is 8. The van der Waals surface area contributed by atoms with E-state index in [2.05, 4.69) is 200 Å². The Morgan fingerprint density at radius 1 is 0.347 bits per heavy atom. The summed E-state index contributed by atoms with van der Waals surface area (Å²) in [5.74, 6) is 0. The normalized spacial score (nSPS) is 11.2. The Morgan fingerprint density at radius 3 is 1.56 bits per heavy atom. The Labute approximate surface area is 439 Å². The Kier molecular flexibility index (Phi) is 13.7. The number of nitrogens with zero attached hydrogens (tertiary/aromatic N) is 3. The van der Waals surface area contributed by atoms with Crippen LogP contribution in [-0.4, -0.2) is 15.0 Å². The number of fused-ring (bicyclic) bond motifs is 3. The van der Waals surface area contributed by atoms with E-state index in [0.29, 0.717) is 0 Å². The van der Waals surface area contributed by atoms with Crippen molar-refractivity contribution in [3.8, 4) is 78.3 Å². The molecule has 0 fully saturated rings. The molecule has 0 saturated heterocycles. The first-order chi connectivity index (χ1) is 35.1. The van der Waals surface area contributed by atoms with Gasteiger partial charge in [0.25, 0.3) is 0 Å². The van der Waals surface area contributed by atoms with Gasteiger partial charge in [-0.25, -0.2) is 0 Å². The number of rotatable bonds is 13. The maximum Gasteiger partial charge on any atom is 3.00 e. The van der Waals surface area contributed by atoms with Gasteiger partial charge >= 0.3 is 20.1 Å². The largest absolute Gasteiger partial charge is 3.00 e. The van der Waals surface area contributed by atoms with Crippen LogP contribution in [0.5, 0.6) is 0 Å². The molecule has 5 heteroatoms. The fraction of sp³-hybridized carbons (Fsp3) is 0.0597. The maximum absolute atomic E-state index is 5.24. The molecule has 0 aliphatic rings. The third-order valence-electron chi connectivity index (χ3n) is 13.4. The van der Waals surface area contributed by atoms with Crippen molar-refractivity contribution in [3.63, 3.8) is 0 Å². The molecule has 0 atom stereocenters. The summed E-state index contributed by atoms with van der Waals surface area (Å²) in [6.45, 7) is 0. The van der Waals surface area contributed by atoms with Crippen LogP contribution in [0.15, 0.2) is 231 Å². The molecule has 0 radical (unpaired) electrons. The summed E-state index contributed by atoms with van der Waals surface area (Å²) < 4.78 is 2.41. The van der Waals surface area contributed by atoms with Crippen molar-refractivity contribution in [1.29, 1.82) is 0 Å². The zero-order chi connectivity index (χ0) is 47.3. The molecular weight excluding hydrogens is 1070 g/mol. The zero-order valence-electron chi connectivity index (χ0n) is 39.4. The summed E-state index contributed by atoms with van der Waals surface area (Å²) in [6.07, 6.45) is 9.61. The van der Waals surface area contributed by atoms with Gasteiger partial charge in [0.05, 0.1) is 0 Å². The molecule has 12 rings (SSSR count). The van der Waals surface area contributed by atoms with Crippen LogP contribution in [0.4, 0.5) is 0 Å². The summed E-state index contributed by atoms with van der Waals surface area (Å²) in [7, 11) is 0. The van der Waals surface area contributed by atoms with E-state index in [0.717, 1.165) is 86.4 Å². The molecule has 0 bridgehead atoms. The topological polar surface area (TPSA) is 38.7 Å². The van der Waals surface area contributed by atoms with Crippen molar-refractivity contribution in [3.05, 3.63) is 271 Å². The molecule has 8 aromatic carbocycles. The van der Waals surface area contributed by atoms with Gasteiger partial charge in [0, 0.05) is 28.9 Å². The summed E-state index contributed by atoms with van der Waals surface area (Å²) in [5.41, 5.74) is 19.9. The molecule has 3 nitrogen and oxygen atoms in total. The van der Waals surface area contributed by atoms with E-state index in [1.165, 1.54) is 60.0 Å². The Balaban J connectivity index is 0.00000560. The van der Waals surface area contributed by atoms with Crippen LogP contribution in [-0.2, 0) is 45.8 Å². The minimum Gasteiger partial charge on any atom is -0.304 e. The van der Waals surface area contributed by atoms with Crippen LogP contribution in [0.25, 0.3) is 98.5 Å². The molecule has 72 heavy (non-hydrogen) atoms. The molecule has 12 aromatic rings. The number of pyridine rings is 3. The molecule has 344 valence electrons. The molecule has 0 aliphatic carbocycles. The van der Waals surface area contributed by atoms with Gasteiger partial charge in [0.2, 0.25) is 0 Å². The van der Waals surface area contributed by atoms with Crippen molar-refractivity contribution in [2.45, 2.75) is 25.7 Å². The van der Waals surface area contributed by atoms with Crippen molar-refractivity contribution in [2.24, 2.45) is 0 Å². The van der Waals surface area contributed by atoms with E-state index in [1.807, 2.05) is 48.8 Å². The molecule has 0 saturated carbocycles. The molecule has 4 heterocycles. The molecule has 0 unspecified atom stereocenters. The van der Waals surface area contributed by atoms with Crippen LogP contribution in [0.3, 0.4) is 0 Å². The van der Waals surface area contributed by atoms with Gasteiger partial charge in [-0.3, -0.25) is 0 Å². The Morgan fingerprint density at radius 2 is 0.917 bits per heavy atom. The van der Waals surface area contributed by atoms with Crippen molar-refractivity contribution < 1.29 is 20.1 Å². The Bertz CT molecular complexity index is 3670. The van der Waals surface area contributed by atoms with E-state index in [-0.39, 0.29) is 20.1 Å². The molecule has 0 N–H and O–H groups in total. The summed E-state index contributed by atoms with van der Waals surface area (Å²) >= 11 is 1.78. The smallest absolute Gasteiger partial charge is 0.304 e. The summed E-state index contributed by atoms with van der Waals surface area (Å²) in [4.78, 5) is 14.9. The fourth-order valence-electron chi connectivity index (χ4n) is 9.66. The minimum atomic E-state index is 0. The SMILES string of the molecule is [Ir+3].[c-]1ccccc1-c1ccc(CCc2cc(CCc3ccc(-c4[c-]cccc4)nc3)cc(-c3ccccc3-c3cnc(-c4[c-]c5sc6ccccc6c5cc4)cc3-c3ccc(-c4ccccc4)cc3)c2)cn1. The van der Waals surface area contributed by atoms with Crippen LogP contribution < -0.4 is 0 Å². The van der Waals surface area contributed by atoms with E-state index < -0.39 is 0 Å². The van der Waals surface area contributed by atoms with Crippen molar-refractivity contribution in [1.82, 2.24) is 15.0 Å². The van der Waals surface area contributed by atoms with Crippen molar-refractivity contribution >= 4 is 31.5 Å². The molecule has 0 spiro atoms. The second kappa shape index (κ2) is 21.2. The minimum absolute atomic E-state index is 0. The number of hydrogen-bond donors (Lipinski definition) is 0. The first-order valence-electron chi connectivity index (χ1n) is 24.2. The number of aromatic nitrogens is 3. The van der Waals surface area contributed by atoms with Crippen LogP contribution >= 0.6 is 11.3 Å². The van der Waals surface area contributed by atoms with Gasteiger partial charge < -0.3 is 15.0 Å². The van der Waals surface area contributed by atoms with E-state index in [1.54, 1.807) is 11.3 Å². The van der Waals surface area contributed by atoms with Gasteiger partial charge in [0.1, 0.15) is 0 Å². The second-order valence-corrected chi connectivity index (χ2v) is 19.1. The number of aryl methyl sites for hydroxylation is 4. The van der Waals surface area contributed by atoms with Gasteiger partial charge in [-0.1, -0.05) is 151 Å². The summed E-state index contributed by atoms with van der Waals surface area (Å²) in [5, 5.41) is 2.49. The quantitative estimate of drug-likeness (QED) is 0.108. The monoisotopic (exact) mass is 1120 g/mol. The van der Waals surface area contributed by atoms with Gasteiger partial charge in [0.15, 0.2) is 0 Å². The van der Waals surface area contributed by atoms with E-state index >= 15 is 0 Å². The molecule has 4 aromatic heterocycles. The van der Waals surface area contributed by atoms with E-state index in [9.17, 15) is 0 Å². The van der Waals surface area contributed by atoms with E-state index in [4.69, 9.17) is 15.0 Å². The predicted octanol–water partition coefficient (Wildman–Crippen LogP) is 16.9. The fourth-order valence-corrected chi connectivity index (χ4v) is 10.8. The predicted molar refractivity (Wildman–Crippen MR) is 295 cm³/mol. The standard InChI is InChI=1S/C67H46N3S.Ir/c1-4-14-50(15-5-1)51-30-32-52(33-31-51)61-42-65(55-34-35-60-59-22-12-13-23-66(59)71-67(60)41-55)70-45-62(61)58-21-11-10-20-57(58)56-39-48(26-24-46-28-36-63(68-43-46)53-16-6-2-7-17-53)38-49(40-56)27-25-47-29-37-64(69-44-47)54-18-8-3-9-19-54;/h1-16,18,20-23,28-40,42-45H,24-27H2;/q-3;+3. The van der Waals surface area contributed by atoms with Crippen LogP contribution in [0, 0.1) is 18.2 Å². The average Bonchev–Trinajstić information content (AvgIpc) is 3.83. The first-order valence-corrected chi connectivity index (χ1v) is 25.0. The molecule has 0 aliphatic heterocycles. The number of hydrogen-bond acceptors (Lipinski definition) is 4. The molecule has 0 amide bonds. The van der Waals surface area contributed by atoms with Crippen molar-refractivity contribution in [2.75, 3.05) is 0 Å². The molecular formula is C67H46IrN3S. The third kappa shape index (κ3) is 10.0. The van der Waals surface area contributed by atoms with Gasteiger partial charge in [-0.05, 0) is 120 Å². The average molecular weight is 1120 g/mol. The second-order valence-electron chi connectivity index (χ2n) is 18.0. The number of thiophene rings is 1. The zero-order valence-corrected chi connectivity index (χ0v) is 42.6.